The van der Waals surface area contributed by atoms with Crippen LogP contribution in [0.3, 0.4) is 0 Å². The Labute approximate surface area is 163 Å². The number of allylic oxidation sites excluding steroid dienone is 1. The van der Waals surface area contributed by atoms with E-state index < -0.39 is 0 Å². The molecule has 0 spiro atoms. The fraction of sp³-hybridized carbons (Fsp3) is 0.591. The smallest absolute Gasteiger partial charge is 0.234 e. The van der Waals surface area contributed by atoms with Gasteiger partial charge in [0.25, 0.3) is 0 Å². The lowest BCUT2D eigenvalue weighted by Gasteiger charge is -2.39. The lowest BCUT2D eigenvalue weighted by molar-refractivity contribution is -0.124. The van der Waals surface area contributed by atoms with Crippen LogP contribution in [-0.2, 0) is 9.53 Å². The summed E-state index contributed by atoms with van der Waals surface area (Å²) in [6.45, 7) is 10.8. The zero-order chi connectivity index (χ0) is 19.1. The zero-order valence-electron chi connectivity index (χ0n) is 16.7. The van der Waals surface area contributed by atoms with Crippen LogP contribution in [0.2, 0.25) is 0 Å². The van der Waals surface area contributed by atoms with E-state index in [2.05, 4.69) is 65.4 Å². The van der Waals surface area contributed by atoms with E-state index in [-0.39, 0.29) is 11.9 Å². The number of rotatable bonds is 6. The molecule has 0 saturated carbocycles. The van der Waals surface area contributed by atoms with Crippen LogP contribution in [0, 0.1) is 0 Å². The van der Waals surface area contributed by atoms with Crippen molar-refractivity contribution in [3.63, 3.8) is 0 Å². The molecule has 1 aromatic carbocycles. The van der Waals surface area contributed by atoms with Gasteiger partial charge in [-0.1, -0.05) is 42.0 Å². The average Bonchev–Trinajstić information content (AvgIpc) is 2.68. The molecule has 1 amide bonds. The number of piperidine rings is 1. The van der Waals surface area contributed by atoms with E-state index in [1.54, 1.807) is 0 Å². The third-order valence-corrected chi connectivity index (χ3v) is 5.50. The summed E-state index contributed by atoms with van der Waals surface area (Å²) in [5.74, 6) is 0.509. The van der Waals surface area contributed by atoms with E-state index in [0.29, 0.717) is 12.5 Å². The molecule has 5 heteroatoms. The van der Waals surface area contributed by atoms with Gasteiger partial charge in [0.2, 0.25) is 5.91 Å². The molecule has 1 aromatic rings. The molecular weight excluding hydrogens is 338 g/mol. The first-order valence-corrected chi connectivity index (χ1v) is 10.1. The molecule has 1 N–H and O–H groups in total. The van der Waals surface area contributed by atoms with E-state index in [4.69, 9.17) is 4.74 Å². The van der Waals surface area contributed by atoms with Gasteiger partial charge in [0.15, 0.2) is 0 Å². The Morgan fingerprint density at radius 3 is 2.59 bits per heavy atom. The Kier molecular flexibility index (Phi) is 7.44. The Morgan fingerprint density at radius 2 is 1.89 bits per heavy atom. The van der Waals surface area contributed by atoms with Gasteiger partial charge < -0.3 is 10.1 Å². The van der Waals surface area contributed by atoms with Gasteiger partial charge in [-0.15, -0.1) is 0 Å². The number of ether oxygens (including phenoxy) is 1. The molecule has 0 aliphatic carbocycles. The summed E-state index contributed by atoms with van der Waals surface area (Å²) >= 11 is 0. The maximum atomic E-state index is 12.7. The molecule has 27 heavy (non-hydrogen) atoms. The second-order valence-electron chi connectivity index (χ2n) is 7.91. The summed E-state index contributed by atoms with van der Waals surface area (Å²) in [6, 6.07) is 10.8. The average molecular weight is 372 g/mol. The molecule has 5 nitrogen and oxygen atoms in total. The van der Waals surface area contributed by atoms with Crippen molar-refractivity contribution in [2.75, 3.05) is 52.5 Å². The highest BCUT2D eigenvalue weighted by atomic mass is 16.5. The number of hydrogen-bond acceptors (Lipinski definition) is 4. The number of morpholine rings is 1. The van der Waals surface area contributed by atoms with Crippen molar-refractivity contribution in [2.24, 2.45) is 0 Å². The lowest BCUT2D eigenvalue weighted by Crippen LogP contribution is -2.54. The van der Waals surface area contributed by atoms with E-state index in [1.165, 1.54) is 11.1 Å². The summed E-state index contributed by atoms with van der Waals surface area (Å²) in [5.41, 5.74) is 2.67. The maximum absolute atomic E-state index is 12.7. The molecule has 2 heterocycles. The van der Waals surface area contributed by atoms with Gasteiger partial charge in [0, 0.05) is 38.1 Å². The molecular formula is C22H33N3O2. The Hall–Kier alpha value is -1.69. The highest BCUT2D eigenvalue weighted by Gasteiger charge is 2.31. The molecule has 2 saturated heterocycles. The number of benzene rings is 1. The monoisotopic (exact) mass is 371 g/mol. The molecule has 0 bridgehead atoms. The van der Waals surface area contributed by atoms with Crippen molar-refractivity contribution in [1.29, 1.82) is 0 Å². The van der Waals surface area contributed by atoms with E-state index >= 15 is 0 Å². The summed E-state index contributed by atoms with van der Waals surface area (Å²) in [4.78, 5) is 17.3. The molecule has 2 aliphatic rings. The maximum Gasteiger partial charge on any atom is 0.234 e. The van der Waals surface area contributed by atoms with Gasteiger partial charge in [0.05, 0.1) is 19.8 Å². The number of carbonyl (C=O) groups excluding carboxylic acids is 1. The molecule has 0 aromatic heterocycles. The predicted octanol–water partition coefficient (Wildman–Crippen LogP) is 2.26. The first-order chi connectivity index (χ1) is 13.1. The van der Waals surface area contributed by atoms with Gasteiger partial charge >= 0.3 is 0 Å². The SMILES string of the molecule is CC(C)=CCN1CC[C@@H](c2ccccc2)[C@@H](NC(=O)CN2CCOCC2)C1. The van der Waals surface area contributed by atoms with Crippen molar-refractivity contribution < 1.29 is 9.53 Å². The number of likely N-dealkylation sites (tertiary alicyclic amines) is 1. The van der Waals surface area contributed by atoms with Crippen LogP contribution in [0.4, 0.5) is 0 Å². The Morgan fingerprint density at radius 1 is 1.15 bits per heavy atom. The number of nitrogens with zero attached hydrogens (tertiary/aromatic N) is 2. The first-order valence-electron chi connectivity index (χ1n) is 10.1. The number of hydrogen-bond donors (Lipinski definition) is 1. The van der Waals surface area contributed by atoms with Crippen LogP contribution in [0.15, 0.2) is 42.0 Å². The van der Waals surface area contributed by atoms with E-state index in [9.17, 15) is 4.79 Å². The third-order valence-electron chi connectivity index (χ3n) is 5.50. The largest absolute Gasteiger partial charge is 0.379 e. The van der Waals surface area contributed by atoms with Crippen LogP contribution >= 0.6 is 0 Å². The molecule has 148 valence electrons. The normalized spacial score (nSPS) is 24.4. The molecule has 3 rings (SSSR count). The minimum absolute atomic E-state index is 0.131. The highest BCUT2D eigenvalue weighted by Crippen LogP contribution is 2.28. The second-order valence-corrected chi connectivity index (χ2v) is 7.91. The third kappa shape index (κ3) is 6.16. The molecule has 0 radical (unpaired) electrons. The van der Waals surface area contributed by atoms with Gasteiger partial charge in [0.1, 0.15) is 0 Å². The number of nitrogens with one attached hydrogen (secondary N) is 1. The van der Waals surface area contributed by atoms with E-state index in [1.807, 2.05) is 0 Å². The van der Waals surface area contributed by atoms with Gasteiger partial charge in [-0.25, -0.2) is 0 Å². The minimum atomic E-state index is 0.131. The summed E-state index contributed by atoms with van der Waals surface area (Å²) < 4.78 is 5.38. The van der Waals surface area contributed by atoms with Gasteiger partial charge in [-0.05, 0) is 32.4 Å². The van der Waals surface area contributed by atoms with Gasteiger partial charge in [-0.2, -0.15) is 0 Å². The lowest BCUT2D eigenvalue weighted by atomic mass is 9.85. The molecule has 2 aliphatic heterocycles. The van der Waals surface area contributed by atoms with Crippen molar-refractivity contribution >= 4 is 5.91 Å². The van der Waals surface area contributed by atoms with Crippen LogP contribution in [-0.4, -0.2) is 74.2 Å². The number of carbonyl (C=O) groups is 1. The van der Waals surface area contributed by atoms with Crippen molar-refractivity contribution in [3.8, 4) is 0 Å². The second kappa shape index (κ2) is 10.0. The van der Waals surface area contributed by atoms with Crippen LogP contribution in [0.5, 0.6) is 0 Å². The first kappa shape index (κ1) is 20.1. The molecule has 0 unspecified atom stereocenters. The summed E-state index contributed by atoms with van der Waals surface area (Å²) in [5, 5.41) is 3.35. The van der Waals surface area contributed by atoms with Crippen molar-refractivity contribution in [1.82, 2.24) is 15.1 Å². The molecule has 2 fully saturated rings. The number of amides is 1. The quantitative estimate of drug-likeness (QED) is 0.779. The Bertz CT molecular complexity index is 622. The van der Waals surface area contributed by atoms with E-state index in [0.717, 1.165) is 52.4 Å². The topological polar surface area (TPSA) is 44.8 Å². The predicted molar refractivity (Wildman–Crippen MR) is 109 cm³/mol. The standard InChI is InChI=1S/C22H33N3O2/c1-18(2)8-10-24-11-9-20(19-6-4-3-5-7-19)21(16-24)23-22(26)17-25-12-14-27-15-13-25/h3-8,20-21H,9-17H2,1-2H3,(H,23,26)/t20-,21-/m0/s1. The van der Waals surface area contributed by atoms with Crippen LogP contribution in [0.25, 0.3) is 0 Å². The van der Waals surface area contributed by atoms with Crippen molar-refractivity contribution in [3.05, 3.63) is 47.5 Å². The van der Waals surface area contributed by atoms with Gasteiger partial charge in [-0.3, -0.25) is 14.6 Å². The Balaban J connectivity index is 1.64. The van der Waals surface area contributed by atoms with Crippen LogP contribution in [0.1, 0.15) is 31.7 Å². The van der Waals surface area contributed by atoms with Crippen LogP contribution < -0.4 is 5.32 Å². The summed E-state index contributed by atoms with van der Waals surface area (Å²) in [7, 11) is 0. The van der Waals surface area contributed by atoms with Crippen molar-refractivity contribution in [2.45, 2.75) is 32.2 Å². The summed E-state index contributed by atoms with van der Waals surface area (Å²) in [6.07, 6.45) is 3.35. The fourth-order valence-corrected chi connectivity index (χ4v) is 3.96. The fourth-order valence-electron chi connectivity index (χ4n) is 3.96. The zero-order valence-corrected chi connectivity index (χ0v) is 16.7. The highest BCUT2D eigenvalue weighted by molar-refractivity contribution is 5.78. The minimum Gasteiger partial charge on any atom is -0.379 e. The molecule has 2 atom stereocenters.